The van der Waals surface area contributed by atoms with Crippen LogP contribution in [0.1, 0.15) is 45.6 Å². The maximum atomic E-state index is 13.0. The number of amides is 2. The highest BCUT2D eigenvalue weighted by Crippen LogP contribution is 2.34. The summed E-state index contributed by atoms with van der Waals surface area (Å²) in [7, 11) is 0. The molecule has 1 fully saturated rings. The molecule has 0 aromatic heterocycles. The first-order chi connectivity index (χ1) is 12.6. The van der Waals surface area contributed by atoms with Gasteiger partial charge in [-0.25, -0.2) is 0 Å². The molecule has 0 spiro atoms. The van der Waals surface area contributed by atoms with Crippen molar-refractivity contribution in [2.75, 3.05) is 26.2 Å². The Morgan fingerprint density at radius 2 is 1.69 bits per heavy atom. The van der Waals surface area contributed by atoms with Gasteiger partial charge in [0.15, 0.2) is 0 Å². The minimum atomic E-state index is -0.172. The van der Waals surface area contributed by atoms with Crippen molar-refractivity contribution in [3.8, 4) is 5.75 Å². The van der Waals surface area contributed by atoms with Gasteiger partial charge >= 0.3 is 0 Å². The second-order valence-corrected chi connectivity index (χ2v) is 7.11. The quantitative estimate of drug-likeness (QED) is 0.734. The summed E-state index contributed by atoms with van der Waals surface area (Å²) in [6, 6.07) is 7.49. The van der Waals surface area contributed by atoms with Crippen LogP contribution in [-0.4, -0.2) is 47.9 Å². The van der Waals surface area contributed by atoms with E-state index in [-0.39, 0.29) is 11.8 Å². The Morgan fingerprint density at radius 1 is 1.04 bits per heavy atom. The van der Waals surface area contributed by atoms with E-state index < -0.39 is 0 Å². The highest BCUT2D eigenvalue weighted by molar-refractivity contribution is 6.35. The number of hydrogen-bond donors (Lipinski definition) is 0. The Hall–Kier alpha value is -2.30. The first-order valence-corrected chi connectivity index (χ1v) is 9.65. The number of likely N-dealkylation sites (tertiary alicyclic amines) is 1. The van der Waals surface area contributed by atoms with Crippen LogP contribution in [-0.2, 0) is 9.59 Å². The van der Waals surface area contributed by atoms with Gasteiger partial charge in [0.2, 0.25) is 0 Å². The Bertz CT molecular complexity index is 700. The van der Waals surface area contributed by atoms with E-state index in [0.29, 0.717) is 30.3 Å². The number of rotatable bonds is 6. The van der Waals surface area contributed by atoms with E-state index in [0.717, 1.165) is 43.7 Å². The minimum Gasteiger partial charge on any atom is -0.494 e. The van der Waals surface area contributed by atoms with E-state index in [4.69, 9.17) is 4.74 Å². The number of nitrogens with zero attached hydrogens (tertiary/aromatic N) is 2. The van der Waals surface area contributed by atoms with Crippen molar-refractivity contribution in [2.45, 2.75) is 40.0 Å². The first kappa shape index (κ1) is 18.5. The van der Waals surface area contributed by atoms with Crippen LogP contribution in [0.5, 0.6) is 5.75 Å². The zero-order chi connectivity index (χ0) is 18.7. The molecule has 0 aliphatic carbocycles. The minimum absolute atomic E-state index is 0.143. The molecule has 140 valence electrons. The van der Waals surface area contributed by atoms with Crippen molar-refractivity contribution in [3.63, 3.8) is 0 Å². The number of hydrogen-bond acceptors (Lipinski definition) is 4. The van der Waals surface area contributed by atoms with Gasteiger partial charge in [-0.2, -0.15) is 0 Å². The van der Waals surface area contributed by atoms with Gasteiger partial charge in [0, 0.05) is 19.6 Å². The molecule has 0 bridgehead atoms. The predicted molar refractivity (Wildman–Crippen MR) is 102 cm³/mol. The SMILES string of the molecule is CCCN1C(=O)C(c2ccc(OCC)cc2)=C(N2CCC(C)CC2)C1=O. The maximum absolute atomic E-state index is 13.0. The van der Waals surface area contributed by atoms with E-state index in [9.17, 15) is 9.59 Å². The normalized spacial score (nSPS) is 18.9. The summed E-state index contributed by atoms with van der Waals surface area (Å²) < 4.78 is 5.50. The smallest absolute Gasteiger partial charge is 0.277 e. The maximum Gasteiger partial charge on any atom is 0.277 e. The second kappa shape index (κ2) is 7.94. The fourth-order valence-electron chi connectivity index (χ4n) is 3.66. The standard InChI is InChI=1S/C21H28N2O3/c1-4-12-23-20(24)18(16-6-8-17(9-7-16)26-5-2)19(21(23)25)22-13-10-15(3)11-14-22/h6-9,15H,4-5,10-14H2,1-3H3. The van der Waals surface area contributed by atoms with Crippen LogP contribution in [0.3, 0.4) is 0 Å². The molecule has 1 aromatic rings. The fraction of sp³-hybridized carbons (Fsp3) is 0.524. The first-order valence-electron chi connectivity index (χ1n) is 9.65. The Kier molecular flexibility index (Phi) is 5.64. The highest BCUT2D eigenvalue weighted by Gasteiger charge is 2.41. The van der Waals surface area contributed by atoms with Crippen LogP contribution in [0, 0.1) is 5.92 Å². The van der Waals surface area contributed by atoms with E-state index >= 15 is 0 Å². The van der Waals surface area contributed by atoms with Crippen LogP contribution in [0.4, 0.5) is 0 Å². The van der Waals surface area contributed by atoms with Crippen molar-refractivity contribution in [1.82, 2.24) is 9.80 Å². The molecule has 1 saturated heterocycles. The molecular formula is C21H28N2O3. The third-order valence-electron chi connectivity index (χ3n) is 5.14. The molecule has 2 amide bonds. The molecule has 2 aliphatic rings. The lowest BCUT2D eigenvalue weighted by molar-refractivity contribution is -0.137. The third kappa shape index (κ3) is 3.48. The van der Waals surface area contributed by atoms with Crippen molar-refractivity contribution in [3.05, 3.63) is 35.5 Å². The summed E-state index contributed by atoms with van der Waals surface area (Å²) in [5.74, 6) is 1.12. The summed E-state index contributed by atoms with van der Waals surface area (Å²) in [6.45, 7) is 8.88. The number of carbonyl (C=O) groups excluding carboxylic acids is 2. The molecule has 2 heterocycles. The summed E-state index contributed by atoms with van der Waals surface area (Å²) in [4.78, 5) is 29.6. The van der Waals surface area contributed by atoms with Crippen LogP contribution < -0.4 is 4.74 Å². The topological polar surface area (TPSA) is 49.9 Å². The molecule has 0 saturated carbocycles. The largest absolute Gasteiger partial charge is 0.494 e. The lowest BCUT2D eigenvalue weighted by Gasteiger charge is -2.32. The molecule has 26 heavy (non-hydrogen) atoms. The van der Waals surface area contributed by atoms with E-state index in [1.54, 1.807) is 0 Å². The van der Waals surface area contributed by atoms with Gasteiger partial charge in [-0.3, -0.25) is 14.5 Å². The number of imide groups is 1. The fourth-order valence-corrected chi connectivity index (χ4v) is 3.66. The van der Waals surface area contributed by atoms with Crippen LogP contribution in [0.15, 0.2) is 30.0 Å². The van der Waals surface area contributed by atoms with Crippen LogP contribution in [0.2, 0.25) is 0 Å². The van der Waals surface area contributed by atoms with Crippen LogP contribution in [0.25, 0.3) is 5.57 Å². The third-order valence-corrected chi connectivity index (χ3v) is 5.14. The number of piperidine rings is 1. The van der Waals surface area contributed by atoms with Crippen molar-refractivity contribution < 1.29 is 14.3 Å². The monoisotopic (exact) mass is 356 g/mol. The summed E-state index contributed by atoms with van der Waals surface area (Å²) >= 11 is 0. The van der Waals surface area contributed by atoms with Crippen molar-refractivity contribution >= 4 is 17.4 Å². The highest BCUT2D eigenvalue weighted by atomic mass is 16.5. The molecule has 1 aromatic carbocycles. The Labute approximate surface area is 155 Å². The van der Waals surface area contributed by atoms with Gasteiger partial charge in [-0.05, 0) is 49.8 Å². The number of ether oxygens (including phenoxy) is 1. The summed E-state index contributed by atoms with van der Waals surface area (Å²) in [6.07, 6.45) is 2.86. The van der Waals surface area contributed by atoms with Crippen molar-refractivity contribution in [1.29, 1.82) is 0 Å². The average Bonchev–Trinajstić information content (AvgIpc) is 2.88. The van der Waals surface area contributed by atoms with Gasteiger partial charge in [-0.1, -0.05) is 26.0 Å². The van der Waals surface area contributed by atoms with Gasteiger partial charge in [-0.15, -0.1) is 0 Å². The molecule has 5 nitrogen and oxygen atoms in total. The molecule has 0 atom stereocenters. The lowest BCUT2D eigenvalue weighted by Crippen LogP contribution is -2.38. The molecule has 0 unspecified atom stereocenters. The molecular weight excluding hydrogens is 328 g/mol. The van der Waals surface area contributed by atoms with Crippen LogP contribution >= 0.6 is 0 Å². The molecule has 0 radical (unpaired) electrons. The lowest BCUT2D eigenvalue weighted by atomic mass is 9.97. The summed E-state index contributed by atoms with van der Waals surface area (Å²) in [5.41, 5.74) is 1.92. The molecule has 0 N–H and O–H groups in total. The Balaban J connectivity index is 1.99. The van der Waals surface area contributed by atoms with Gasteiger partial charge in [0.1, 0.15) is 11.4 Å². The zero-order valence-corrected chi connectivity index (χ0v) is 16.0. The van der Waals surface area contributed by atoms with E-state index in [2.05, 4.69) is 11.8 Å². The van der Waals surface area contributed by atoms with Gasteiger partial charge in [0.05, 0.1) is 12.2 Å². The van der Waals surface area contributed by atoms with E-state index in [1.807, 2.05) is 38.1 Å². The molecule has 5 heteroatoms. The van der Waals surface area contributed by atoms with Gasteiger partial charge < -0.3 is 9.64 Å². The zero-order valence-electron chi connectivity index (χ0n) is 16.0. The second-order valence-electron chi connectivity index (χ2n) is 7.11. The number of carbonyl (C=O) groups is 2. The average molecular weight is 356 g/mol. The molecule has 3 rings (SSSR count). The Morgan fingerprint density at radius 3 is 2.27 bits per heavy atom. The number of benzene rings is 1. The predicted octanol–water partition coefficient (Wildman–Crippen LogP) is 3.31. The van der Waals surface area contributed by atoms with Crippen molar-refractivity contribution in [2.24, 2.45) is 5.92 Å². The molecule has 2 aliphatic heterocycles. The summed E-state index contributed by atoms with van der Waals surface area (Å²) in [5, 5.41) is 0. The van der Waals surface area contributed by atoms with E-state index in [1.165, 1.54) is 4.90 Å². The van der Waals surface area contributed by atoms with Gasteiger partial charge in [0.25, 0.3) is 11.8 Å².